The zero-order valence-corrected chi connectivity index (χ0v) is 14.8. The van der Waals surface area contributed by atoms with Gasteiger partial charge in [-0.2, -0.15) is 4.31 Å². The van der Waals surface area contributed by atoms with Gasteiger partial charge in [-0.25, -0.2) is 8.42 Å². The molecule has 2 aromatic carbocycles. The summed E-state index contributed by atoms with van der Waals surface area (Å²) in [6.45, 7) is 4.84. The lowest BCUT2D eigenvalue weighted by Gasteiger charge is -2.16. The summed E-state index contributed by atoms with van der Waals surface area (Å²) in [7, 11) is -3.43. The van der Waals surface area contributed by atoms with Crippen LogP contribution in [0.1, 0.15) is 16.7 Å². The van der Waals surface area contributed by atoms with Crippen LogP contribution in [0.5, 0.6) is 0 Å². The number of aryl methyl sites for hydroxylation is 2. The van der Waals surface area contributed by atoms with E-state index in [0.29, 0.717) is 18.0 Å². The molecule has 0 unspecified atom stereocenters. The molecule has 0 aliphatic carbocycles. The molecule has 0 spiro atoms. The molecule has 0 aromatic heterocycles. The number of hydrogen-bond acceptors (Lipinski definition) is 2. The molecule has 0 radical (unpaired) electrons. The third-order valence-corrected chi connectivity index (χ3v) is 5.97. The van der Waals surface area contributed by atoms with Crippen LogP contribution in [0.4, 0.5) is 0 Å². The summed E-state index contributed by atoms with van der Waals surface area (Å²) in [5, 5.41) is 0. The van der Waals surface area contributed by atoms with Crippen LogP contribution in [0.2, 0.25) is 0 Å². The van der Waals surface area contributed by atoms with E-state index in [4.69, 9.17) is 0 Å². The normalized spacial score (nSPS) is 15.8. The molecule has 4 heteroatoms. The summed E-state index contributed by atoms with van der Waals surface area (Å²) in [6.07, 6.45) is 5.99. The third kappa shape index (κ3) is 3.66. The maximum absolute atomic E-state index is 12.7. The van der Waals surface area contributed by atoms with E-state index < -0.39 is 10.0 Å². The summed E-state index contributed by atoms with van der Waals surface area (Å²) in [5.41, 5.74) is 4.41. The average molecular weight is 339 g/mol. The van der Waals surface area contributed by atoms with Crippen molar-refractivity contribution in [2.75, 3.05) is 13.1 Å². The fourth-order valence-electron chi connectivity index (χ4n) is 2.60. The van der Waals surface area contributed by atoms with E-state index >= 15 is 0 Å². The summed E-state index contributed by atoms with van der Waals surface area (Å²) < 4.78 is 26.8. The summed E-state index contributed by atoms with van der Waals surface area (Å²) >= 11 is 0. The van der Waals surface area contributed by atoms with E-state index in [9.17, 15) is 8.42 Å². The van der Waals surface area contributed by atoms with Gasteiger partial charge in [-0.15, -0.1) is 0 Å². The van der Waals surface area contributed by atoms with Crippen molar-refractivity contribution < 1.29 is 8.42 Å². The number of nitrogens with zero attached hydrogens (tertiary/aromatic N) is 1. The molecular formula is C20H21NO2S. The van der Waals surface area contributed by atoms with Crippen molar-refractivity contribution in [3.63, 3.8) is 0 Å². The summed E-state index contributed by atoms with van der Waals surface area (Å²) in [5.74, 6) is 0. The molecule has 0 saturated carbocycles. The van der Waals surface area contributed by atoms with Gasteiger partial charge in [-0.1, -0.05) is 65.8 Å². The number of benzene rings is 2. The van der Waals surface area contributed by atoms with Gasteiger partial charge >= 0.3 is 0 Å². The van der Waals surface area contributed by atoms with Crippen molar-refractivity contribution in [1.29, 1.82) is 0 Å². The molecule has 2 aromatic rings. The van der Waals surface area contributed by atoms with Gasteiger partial charge in [0.15, 0.2) is 0 Å². The molecule has 1 aliphatic heterocycles. The lowest BCUT2D eigenvalue weighted by molar-refractivity contribution is 0.485. The van der Waals surface area contributed by atoms with Crippen LogP contribution in [0.3, 0.4) is 0 Å². The largest absolute Gasteiger partial charge is 0.243 e. The standard InChI is InChI=1S/C20H21NO2S/c1-16-3-7-18(8-4-16)9-10-19-13-14-21(15-19)24(22,23)20-11-5-17(2)6-12-20/h3-13H,14-15H2,1-2H3/b10-9+. The van der Waals surface area contributed by atoms with Crippen LogP contribution in [-0.4, -0.2) is 25.8 Å². The molecule has 0 amide bonds. The van der Waals surface area contributed by atoms with Gasteiger partial charge in [0.2, 0.25) is 10.0 Å². The number of sulfonamides is 1. The highest BCUT2D eigenvalue weighted by Gasteiger charge is 2.27. The Morgan fingerprint density at radius 3 is 2.08 bits per heavy atom. The zero-order chi connectivity index (χ0) is 17.2. The molecule has 3 nitrogen and oxygen atoms in total. The minimum atomic E-state index is -3.43. The maximum atomic E-state index is 12.7. The van der Waals surface area contributed by atoms with E-state index in [1.54, 1.807) is 12.1 Å². The van der Waals surface area contributed by atoms with E-state index in [0.717, 1.165) is 16.7 Å². The summed E-state index contributed by atoms with van der Waals surface area (Å²) in [4.78, 5) is 0.352. The van der Waals surface area contributed by atoms with Gasteiger partial charge in [-0.3, -0.25) is 0 Å². The molecule has 0 fully saturated rings. The van der Waals surface area contributed by atoms with Crippen LogP contribution in [0, 0.1) is 13.8 Å². The highest BCUT2D eigenvalue weighted by atomic mass is 32.2. The maximum Gasteiger partial charge on any atom is 0.243 e. The van der Waals surface area contributed by atoms with Gasteiger partial charge in [-0.05, 0) is 37.1 Å². The highest BCUT2D eigenvalue weighted by molar-refractivity contribution is 7.89. The van der Waals surface area contributed by atoms with E-state index in [1.165, 1.54) is 9.87 Å². The quantitative estimate of drug-likeness (QED) is 0.846. The number of rotatable bonds is 4. The monoisotopic (exact) mass is 339 g/mol. The second kappa shape index (κ2) is 6.75. The van der Waals surface area contributed by atoms with Gasteiger partial charge in [0.05, 0.1) is 4.90 Å². The first-order valence-corrected chi connectivity index (χ1v) is 9.40. The Morgan fingerprint density at radius 2 is 1.46 bits per heavy atom. The van der Waals surface area contributed by atoms with Crippen LogP contribution in [0.25, 0.3) is 6.08 Å². The topological polar surface area (TPSA) is 37.4 Å². The van der Waals surface area contributed by atoms with Crippen molar-refractivity contribution in [3.8, 4) is 0 Å². The first-order valence-electron chi connectivity index (χ1n) is 7.96. The SMILES string of the molecule is Cc1ccc(/C=C/C2=CCN(S(=O)(=O)c3ccc(C)cc3)C2)cc1. The zero-order valence-electron chi connectivity index (χ0n) is 13.9. The van der Waals surface area contributed by atoms with Crippen molar-refractivity contribution in [2.45, 2.75) is 18.7 Å². The molecule has 0 atom stereocenters. The fraction of sp³-hybridized carbons (Fsp3) is 0.200. The molecular weight excluding hydrogens is 318 g/mol. The Morgan fingerprint density at radius 1 is 0.875 bits per heavy atom. The van der Waals surface area contributed by atoms with Gasteiger partial charge in [0.25, 0.3) is 0 Å². The van der Waals surface area contributed by atoms with Crippen LogP contribution < -0.4 is 0 Å². The predicted octanol–water partition coefficient (Wildman–Crippen LogP) is 3.95. The Labute approximate surface area is 144 Å². The molecule has 0 saturated heterocycles. The van der Waals surface area contributed by atoms with Gasteiger partial charge in [0, 0.05) is 13.1 Å². The first kappa shape index (κ1) is 16.7. The molecule has 1 heterocycles. The molecule has 1 aliphatic rings. The Balaban J connectivity index is 1.70. The molecule has 3 rings (SSSR count). The first-order chi connectivity index (χ1) is 11.4. The van der Waals surface area contributed by atoms with Crippen LogP contribution in [-0.2, 0) is 10.0 Å². The van der Waals surface area contributed by atoms with Gasteiger partial charge in [0.1, 0.15) is 0 Å². The average Bonchev–Trinajstić information content (AvgIpc) is 3.04. The lowest BCUT2D eigenvalue weighted by atomic mass is 10.1. The van der Waals surface area contributed by atoms with E-state index in [-0.39, 0.29) is 0 Å². The second-order valence-corrected chi connectivity index (χ2v) is 8.07. The van der Waals surface area contributed by atoms with Crippen molar-refractivity contribution >= 4 is 16.1 Å². The van der Waals surface area contributed by atoms with Crippen LogP contribution >= 0.6 is 0 Å². The van der Waals surface area contributed by atoms with E-state index in [2.05, 4.69) is 31.2 Å². The predicted molar refractivity (Wildman–Crippen MR) is 98.2 cm³/mol. The molecule has 124 valence electrons. The Hall–Kier alpha value is -2.17. The Bertz CT molecular complexity index is 876. The minimum absolute atomic E-state index is 0.352. The van der Waals surface area contributed by atoms with Crippen molar-refractivity contribution in [3.05, 3.63) is 82.9 Å². The third-order valence-electron chi connectivity index (χ3n) is 4.14. The smallest absolute Gasteiger partial charge is 0.207 e. The van der Waals surface area contributed by atoms with Crippen molar-refractivity contribution in [1.82, 2.24) is 4.31 Å². The lowest BCUT2D eigenvalue weighted by Crippen LogP contribution is -2.29. The second-order valence-electron chi connectivity index (χ2n) is 6.13. The van der Waals surface area contributed by atoms with Crippen LogP contribution in [0.15, 0.2) is 71.2 Å². The number of hydrogen-bond donors (Lipinski definition) is 0. The molecule has 0 bridgehead atoms. The van der Waals surface area contributed by atoms with Crippen molar-refractivity contribution in [2.24, 2.45) is 0 Å². The minimum Gasteiger partial charge on any atom is -0.207 e. The fourth-order valence-corrected chi connectivity index (χ4v) is 3.96. The molecule has 0 N–H and O–H groups in total. The van der Waals surface area contributed by atoms with Gasteiger partial charge < -0.3 is 0 Å². The Kier molecular flexibility index (Phi) is 4.69. The van der Waals surface area contributed by atoms with E-state index in [1.807, 2.05) is 37.3 Å². The summed E-state index contributed by atoms with van der Waals surface area (Å²) in [6, 6.07) is 15.2. The molecule has 24 heavy (non-hydrogen) atoms. The highest BCUT2D eigenvalue weighted by Crippen LogP contribution is 2.22.